The van der Waals surface area contributed by atoms with Crippen molar-refractivity contribution in [1.29, 1.82) is 0 Å². The van der Waals surface area contributed by atoms with Gasteiger partial charge in [0.15, 0.2) is 0 Å². The topological polar surface area (TPSA) is 24.4 Å². The van der Waals surface area contributed by atoms with Crippen LogP contribution < -0.4 is 5.43 Å². The van der Waals surface area contributed by atoms with Gasteiger partial charge in [-0.05, 0) is 35.4 Å². The fourth-order valence-electron chi connectivity index (χ4n) is 2.32. The smallest absolute Gasteiger partial charge is 0.135 e. The molecule has 2 aromatic carbocycles. The highest BCUT2D eigenvalue weighted by Gasteiger charge is 2.37. The monoisotopic (exact) mass is 370 g/mol. The van der Waals surface area contributed by atoms with Gasteiger partial charge in [-0.3, -0.25) is 5.43 Å². The lowest BCUT2D eigenvalue weighted by molar-refractivity contribution is 0.884. The van der Waals surface area contributed by atoms with Gasteiger partial charge in [0.2, 0.25) is 0 Å². The third kappa shape index (κ3) is 2.84. The van der Waals surface area contributed by atoms with Crippen molar-refractivity contribution in [3.8, 4) is 0 Å². The number of allylic oxidation sites excluding steroid dienone is 1. The molecular weight excluding hydrogens is 362 g/mol. The molecule has 22 heavy (non-hydrogen) atoms. The van der Waals surface area contributed by atoms with Crippen LogP contribution in [0.2, 0.25) is 10.0 Å². The highest BCUT2D eigenvalue weighted by molar-refractivity contribution is 6.43. The fraction of sp³-hybridized carbons (Fsp3) is 0.0625. The van der Waals surface area contributed by atoms with E-state index in [9.17, 15) is 0 Å². The van der Waals surface area contributed by atoms with E-state index >= 15 is 0 Å². The van der Waals surface area contributed by atoms with Crippen LogP contribution in [0.15, 0.2) is 58.8 Å². The molecule has 1 atom stereocenters. The van der Waals surface area contributed by atoms with Crippen molar-refractivity contribution in [2.75, 3.05) is 0 Å². The molecule has 0 saturated carbocycles. The summed E-state index contributed by atoms with van der Waals surface area (Å²) in [5.41, 5.74) is 5.15. The van der Waals surface area contributed by atoms with E-state index in [0.717, 1.165) is 11.1 Å². The first-order valence-electron chi connectivity index (χ1n) is 6.42. The molecule has 1 aliphatic heterocycles. The summed E-state index contributed by atoms with van der Waals surface area (Å²) < 4.78 is 0. The second kappa shape index (κ2) is 6.13. The molecule has 0 saturated heterocycles. The zero-order valence-corrected chi connectivity index (χ0v) is 14.2. The van der Waals surface area contributed by atoms with Gasteiger partial charge >= 0.3 is 0 Å². The van der Waals surface area contributed by atoms with Crippen molar-refractivity contribution < 1.29 is 0 Å². The van der Waals surface area contributed by atoms with Crippen LogP contribution in [0.25, 0.3) is 5.57 Å². The summed E-state index contributed by atoms with van der Waals surface area (Å²) >= 11 is 25.1. The molecule has 0 fully saturated rings. The van der Waals surface area contributed by atoms with Crippen molar-refractivity contribution in [3.05, 3.63) is 74.9 Å². The molecule has 2 aromatic rings. The van der Waals surface area contributed by atoms with Crippen LogP contribution in [-0.4, -0.2) is 6.21 Å². The third-order valence-corrected chi connectivity index (χ3v) is 4.67. The van der Waals surface area contributed by atoms with E-state index in [1.165, 1.54) is 0 Å². The molecule has 0 bridgehead atoms. The Labute approximate surface area is 148 Å². The fourth-order valence-corrected chi connectivity index (χ4v) is 3.31. The van der Waals surface area contributed by atoms with E-state index < -0.39 is 4.87 Å². The Balaban J connectivity index is 2.15. The number of alkyl halides is 1. The van der Waals surface area contributed by atoms with Crippen LogP contribution in [0.3, 0.4) is 0 Å². The van der Waals surface area contributed by atoms with Gasteiger partial charge in [0.25, 0.3) is 0 Å². The maximum absolute atomic E-state index is 6.88. The van der Waals surface area contributed by atoms with E-state index in [-0.39, 0.29) is 0 Å². The minimum atomic E-state index is -0.985. The van der Waals surface area contributed by atoms with Gasteiger partial charge in [0.1, 0.15) is 10.0 Å². The zero-order valence-electron chi connectivity index (χ0n) is 11.2. The summed E-state index contributed by atoms with van der Waals surface area (Å²) in [6, 6.07) is 14.6. The van der Waals surface area contributed by atoms with Gasteiger partial charge in [0, 0.05) is 15.6 Å². The van der Waals surface area contributed by atoms with Crippen molar-refractivity contribution in [2.45, 2.75) is 4.87 Å². The molecule has 3 rings (SSSR count). The third-order valence-electron chi connectivity index (χ3n) is 3.39. The first-order chi connectivity index (χ1) is 10.5. The van der Waals surface area contributed by atoms with E-state index in [4.69, 9.17) is 46.4 Å². The number of hydrazone groups is 1. The van der Waals surface area contributed by atoms with Crippen LogP contribution in [0.4, 0.5) is 0 Å². The quantitative estimate of drug-likeness (QED) is 0.537. The highest BCUT2D eigenvalue weighted by atomic mass is 35.5. The molecule has 0 aromatic heterocycles. The Hall–Kier alpha value is -1.19. The Morgan fingerprint density at radius 3 is 1.95 bits per heavy atom. The lowest BCUT2D eigenvalue weighted by Crippen LogP contribution is -2.30. The Morgan fingerprint density at radius 2 is 1.36 bits per heavy atom. The van der Waals surface area contributed by atoms with Crippen LogP contribution in [0, 0.1) is 0 Å². The molecule has 1 heterocycles. The molecule has 1 N–H and O–H groups in total. The Kier molecular flexibility index (Phi) is 4.37. The first-order valence-corrected chi connectivity index (χ1v) is 7.93. The number of benzene rings is 2. The highest BCUT2D eigenvalue weighted by Crippen LogP contribution is 2.45. The van der Waals surface area contributed by atoms with Gasteiger partial charge in [-0.25, -0.2) is 0 Å². The minimum Gasteiger partial charge on any atom is -0.267 e. The molecule has 1 unspecified atom stereocenters. The van der Waals surface area contributed by atoms with Crippen molar-refractivity contribution in [3.63, 3.8) is 0 Å². The summed E-state index contributed by atoms with van der Waals surface area (Å²) in [7, 11) is 0. The number of rotatable bonds is 2. The van der Waals surface area contributed by atoms with Gasteiger partial charge in [-0.2, -0.15) is 5.10 Å². The summed E-state index contributed by atoms with van der Waals surface area (Å²) in [4.78, 5) is -0.985. The number of hydrogen-bond donors (Lipinski definition) is 1. The number of nitrogens with one attached hydrogen (secondary N) is 1. The SMILES string of the molecule is ClC1=C(c2ccc(Cl)cc2)C(Cl)(c2ccc(Cl)cc2)C=NN1. The molecule has 0 radical (unpaired) electrons. The lowest BCUT2D eigenvalue weighted by atomic mass is 9.86. The summed E-state index contributed by atoms with van der Waals surface area (Å²) in [5, 5.41) is 5.70. The van der Waals surface area contributed by atoms with Crippen LogP contribution in [0.1, 0.15) is 11.1 Å². The number of hydrogen-bond acceptors (Lipinski definition) is 2. The predicted molar refractivity (Wildman–Crippen MR) is 94.8 cm³/mol. The molecule has 0 spiro atoms. The van der Waals surface area contributed by atoms with E-state index in [0.29, 0.717) is 20.8 Å². The molecule has 112 valence electrons. The number of nitrogens with zero attached hydrogens (tertiary/aromatic N) is 1. The molecular formula is C16H10Cl4N2. The molecule has 1 aliphatic rings. The summed E-state index contributed by atoms with van der Waals surface area (Å²) in [6.45, 7) is 0. The van der Waals surface area contributed by atoms with Crippen LogP contribution >= 0.6 is 46.4 Å². The summed E-state index contributed by atoms with van der Waals surface area (Å²) in [5.74, 6) is 0. The summed E-state index contributed by atoms with van der Waals surface area (Å²) in [6.07, 6.45) is 1.62. The molecule has 2 nitrogen and oxygen atoms in total. The second-order valence-corrected chi connectivity index (χ2v) is 6.63. The van der Waals surface area contributed by atoms with Gasteiger partial charge in [-0.15, -0.1) is 11.6 Å². The van der Waals surface area contributed by atoms with Gasteiger partial charge in [-0.1, -0.05) is 59.1 Å². The zero-order chi connectivity index (χ0) is 15.7. The van der Waals surface area contributed by atoms with E-state index in [1.807, 2.05) is 24.3 Å². The predicted octanol–water partition coefficient (Wildman–Crippen LogP) is 5.62. The Morgan fingerprint density at radius 1 is 0.818 bits per heavy atom. The molecule has 6 heteroatoms. The van der Waals surface area contributed by atoms with Crippen molar-refractivity contribution in [1.82, 2.24) is 5.43 Å². The normalized spacial score (nSPS) is 20.9. The van der Waals surface area contributed by atoms with Gasteiger partial charge in [0.05, 0.1) is 6.21 Å². The average Bonchev–Trinajstić information content (AvgIpc) is 2.49. The van der Waals surface area contributed by atoms with Crippen LogP contribution in [-0.2, 0) is 4.87 Å². The van der Waals surface area contributed by atoms with Crippen LogP contribution in [0.5, 0.6) is 0 Å². The number of halogens is 4. The standard InChI is InChI=1S/C16H10Cl4N2/c17-12-5-1-10(2-6-12)14-15(19)22-21-9-16(14,20)11-3-7-13(18)8-4-11/h1-9,22H. The van der Waals surface area contributed by atoms with Gasteiger partial charge < -0.3 is 0 Å². The molecule has 0 amide bonds. The Bertz CT molecular complexity index is 751. The maximum Gasteiger partial charge on any atom is 0.135 e. The lowest BCUT2D eigenvalue weighted by Gasteiger charge is -2.30. The first kappa shape index (κ1) is 15.7. The maximum atomic E-state index is 6.88. The minimum absolute atomic E-state index is 0.370. The van der Waals surface area contributed by atoms with Crippen molar-refractivity contribution >= 4 is 58.2 Å². The second-order valence-electron chi connectivity index (χ2n) is 4.78. The van der Waals surface area contributed by atoms with E-state index in [2.05, 4.69) is 10.5 Å². The average molecular weight is 372 g/mol. The van der Waals surface area contributed by atoms with Crippen molar-refractivity contribution in [2.24, 2.45) is 5.10 Å². The largest absolute Gasteiger partial charge is 0.267 e. The molecule has 0 aliphatic carbocycles. The van der Waals surface area contributed by atoms with E-state index in [1.54, 1.807) is 30.5 Å².